The zero-order valence-electron chi connectivity index (χ0n) is 6.32. The van der Waals surface area contributed by atoms with Crippen LogP contribution in [0.1, 0.15) is 0 Å². The lowest BCUT2D eigenvalue weighted by atomic mass is 10.3. The van der Waals surface area contributed by atoms with Crippen LogP contribution in [0.15, 0.2) is 32.4 Å². The molecule has 6 heteroatoms. The van der Waals surface area contributed by atoms with Crippen molar-refractivity contribution in [1.29, 1.82) is 0 Å². The molecule has 1 N–H and O–H groups in total. The van der Waals surface area contributed by atoms with E-state index in [1.54, 1.807) is 6.07 Å². The number of pyridine rings is 1. The van der Waals surface area contributed by atoms with Gasteiger partial charge in [-0.1, -0.05) is 0 Å². The third kappa shape index (κ3) is 1.67. The molecular weight excluding hydrogens is 238 g/mol. The van der Waals surface area contributed by atoms with Crippen molar-refractivity contribution in [3.05, 3.63) is 33.4 Å². The van der Waals surface area contributed by atoms with E-state index >= 15 is 0 Å². The Kier molecular flexibility index (Phi) is 1.97. The van der Waals surface area contributed by atoms with E-state index in [1.807, 2.05) is 0 Å². The van der Waals surface area contributed by atoms with Crippen LogP contribution in [0.5, 0.6) is 0 Å². The van der Waals surface area contributed by atoms with Crippen LogP contribution < -0.4 is 5.56 Å². The quantitative estimate of drug-likeness (QED) is 0.815. The first-order valence-corrected chi connectivity index (χ1v) is 4.23. The topological polar surface area (TPSA) is 71.8 Å². The fraction of sp³-hybridized carbons (Fsp3) is 0. The molecule has 0 aliphatic carbocycles. The highest BCUT2D eigenvalue weighted by atomic mass is 79.9. The summed E-state index contributed by atoms with van der Waals surface area (Å²) in [4.78, 5) is 17.3. The van der Waals surface area contributed by atoms with Crippen LogP contribution in [0, 0.1) is 0 Å². The molecule has 2 aromatic heterocycles. The molecule has 0 spiro atoms. The number of hydrogen-bond donors (Lipinski definition) is 1. The van der Waals surface area contributed by atoms with Gasteiger partial charge < -0.3 is 9.51 Å². The first-order chi connectivity index (χ1) is 6.25. The minimum Gasteiger partial charge on any atom is -0.333 e. The van der Waals surface area contributed by atoms with Crippen molar-refractivity contribution in [3.8, 4) is 11.5 Å². The van der Waals surface area contributed by atoms with Crippen molar-refractivity contribution in [1.82, 2.24) is 15.1 Å². The van der Waals surface area contributed by atoms with Crippen LogP contribution in [0.3, 0.4) is 0 Å². The van der Waals surface area contributed by atoms with Crippen molar-refractivity contribution in [2.45, 2.75) is 0 Å². The van der Waals surface area contributed by atoms with Crippen LogP contribution in [-0.4, -0.2) is 15.1 Å². The van der Waals surface area contributed by atoms with Gasteiger partial charge in [-0.2, -0.15) is 4.98 Å². The van der Waals surface area contributed by atoms with Gasteiger partial charge in [0.25, 0.3) is 5.89 Å². The molecule has 0 aliphatic heterocycles. The fourth-order valence-corrected chi connectivity index (χ4v) is 1.13. The fourth-order valence-electron chi connectivity index (χ4n) is 0.900. The number of nitrogens with zero attached hydrogens (tertiary/aromatic N) is 2. The average Bonchev–Trinajstić information content (AvgIpc) is 2.52. The van der Waals surface area contributed by atoms with Gasteiger partial charge in [-0.05, 0) is 27.2 Å². The second-order valence-electron chi connectivity index (χ2n) is 2.31. The first kappa shape index (κ1) is 8.18. The van der Waals surface area contributed by atoms with Gasteiger partial charge >= 0.3 is 0 Å². The predicted octanol–water partition coefficient (Wildman–Crippen LogP) is 1.19. The van der Waals surface area contributed by atoms with Gasteiger partial charge in [0.05, 0.1) is 0 Å². The number of aromatic amines is 1. The Morgan fingerprint density at radius 2 is 2.38 bits per heavy atom. The van der Waals surface area contributed by atoms with E-state index in [1.165, 1.54) is 12.3 Å². The third-order valence-electron chi connectivity index (χ3n) is 1.42. The highest BCUT2D eigenvalue weighted by Gasteiger charge is 2.06. The van der Waals surface area contributed by atoms with Gasteiger partial charge in [-0.3, -0.25) is 4.79 Å². The van der Waals surface area contributed by atoms with Crippen LogP contribution in [-0.2, 0) is 0 Å². The molecule has 2 heterocycles. The van der Waals surface area contributed by atoms with Gasteiger partial charge in [0.15, 0.2) is 0 Å². The molecule has 0 fully saturated rings. The predicted molar refractivity (Wildman–Crippen MR) is 48.1 cm³/mol. The maximum atomic E-state index is 10.9. The smallest absolute Gasteiger partial charge is 0.258 e. The molecule has 5 nitrogen and oxygen atoms in total. The van der Waals surface area contributed by atoms with Crippen LogP contribution in [0.4, 0.5) is 0 Å². The van der Waals surface area contributed by atoms with Crippen molar-refractivity contribution in [2.24, 2.45) is 0 Å². The summed E-state index contributed by atoms with van der Waals surface area (Å²) in [7, 11) is 0. The first-order valence-electron chi connectivity index (χ1n) is 3.44. The van der Waals surface area contributed by atoms with Crippen molar-refractivity contribution < 1.29 is 4.52 Å². The number of rotatable bonds is 1. The molecule has 0 amide bonds. The number of hydrogen-bond acceptors (Lipinski definition) is 4. The Bertz CT molecular complexity index is 476. The van der Waals surface area contributed by atoms with Gasteiger partial charge in [0.2, 0.25) is 10.3 Å². The lowest BCUT2D eigenvalue weighted by molar-refractivity contribution is 0.426. The maximum absolute atomic E-state index is 10.9. The van der Waals surface area contributed by atoms with E-state index in [0.717, 1.165) is 0 Å². The zero-order valence-corrected chi connectivity index (χ0v) is 7.91. The number of H-pyrrole nitrogens is 1. The second-order valence-corrected chi connectivity index (χ2v) is 3.02. The summed E-state index contributed by atoms with van der Waals surface area (Å²) in [5.41, 5.74) is 0.397. The second kappa shape index (κ2) is 3.14. The third-order valence-corrected chi connectivity index (χ3v) is 1.75. The average molecular weight is 242 g/mol. The van der Waals surface area contributed by atoms with Gasteiger partial charge in [0, 0.05) is 17.8 Å². The van der Waals surface area contributed by atoms with E-state index in [4.69, 9.17) is 4.52 Å². The standard InChI is InChI=1S/C7H4BrN3O2/c8-7-10-6(13-11-7)4-1-2-9-5(12)3-4/h1-3H,(H,9,12). The van der Waals surface area contributed by atoms with Gasteiger partial charge in [-0.25, -0.2) is 0 Å². The molecule has 0 aromatic carbocycles. The lowest BCUT2D eigenvalue weighted by Crippen LogP contribution is -2.01. The molecule has 0 saturated carbocycles. The Labute approximate surface area is 80.9 Å². The summed E-state index contributed by atoms with van der Waals surface area (Å²) in [5, 5.41) is 3.54. The monoisotopic (exact) mass is 241 g/mol. The Morgan fingerprint density at radius 1 is 1.54 bits per heavy atom. The number of nitrogens with one attached hydrogen (secondary N) is 1. The van der Waals surface area contributed by atoms with Crippen LogP contribution >= 0.6 is 15.9 Å². The Balaban J connectivity index is 2.52. The molecule has 0 saturated heterocycles. The molecule has 2 rings (SSSR count). The zero-order chi connectivity index (χ0) is 9.26. The van der Waals surface area contributed by atoms with Gasteiger partial charge in [-0.15, -0.1) is 0 Å². The summed E-state index contributed by atoms with van der Waals surface area (Å²) in [6.45, 7) is 0. The lowest BCUT2D eigenvalue weighted by Gasteiger charge is -1.89. The molecular formula is C7H4BrN3O2. The summed E-state index contributed by atoms with van der Waals surface area (Å²) in [5.74, 6) is 0.318. The largest absolute Gasteiger partial charge is 0.333 e. The Hall–Kier alpha value is -1.43. The molecule has 0 unspecified atom stereocenters. The summed E-state index contributed by atoms with van der Waals surface area (Å²) >= 11 is 3.05. The Morgan fingerprint density at radius 3 is 3.00 bits per heavy atom. The SMILES string of the molecule is O=c1cc(-c2nc(Br)no2)cc[nH]1. The summed E-state index contributed by atoms with van der Waals surface area (Å²) in [6.07, 6.45) is 1.52. The van der Waals surface area contributed by atoms with Crippen LogP contribution in [0.2, 0.25) is 0 Å². The van der Waals surface area contributed by atoms with E-state index in [9.17, 15) is 4.79 Å². The molecule has 0 aliphatic rings. The summed E-state index contributed by atoms with van der Waals surface area (Å²) in [6, 6.07) is 3.07. The van der Waals surface area contributed by atoms with Gasteiger partial charge in [0.1, 0.15) is 0 Å². The number of halogens is 1. The van der Waals surface area contributed by atoms with Crippen molar-refractivity contribution >= 4 is 15.9 Å². The van der Waals surface area contributed by atoms with Crippen molar-refractivity contribution in [2.75, 3.05) is 0 Å². The minimum atomic E-state index is -0.202. The molecule has 0 atom stereocenters. The molecule has 2 aromatic rings. The summed E-state index contributed by atoms with van der Waals surface area (Å²) < 4.78 is 5.21. The van der Waals surface area contributed by atoms with E-state index in [0.29, 0.717) is 16.2 Å². The highest BCUT2D eigenvalue weighted by Crippen LogP contribution is 2.15. The van der Waals surface area contributed by atoms with E-state index < -0.39 is 0 Å². The van der Waals surface area contributed by atoms with Crippen LogP contribution in [0.25, 0.3) is 11.5 Å². The molecule has 66 valence electrons. The van der Waals surface area contributed by atoms with Crippen molar-refractivity contribution in [3.63, 3.8) is 0 Å². The molecule has 0 bridgehead atoms. The van der Waals surface area contributed by atoms with E-state index in [2.05, 4.69) is 31.1 Å². The van der Waals surface area contributed by atoms with E-state index in [-0.39, 0.29) is 5.56 Å². The highest BCUT2D eigenvalue weighted by molar-refractivity contribution is 9.10. The number of aromatic nitrogens is 3. The maximum Gasteiger partial charge on any atom is 0.258 e. The minimum absolute atomic E-state index is 0.202. The normalized spacial score (nSPS) is 10.2. The molecule has 0 radical (unpaired) electrons. The molecule has 13 heavy (non-hydrogen) atoms.